The third-order valence-corrected chi connectivity index (χ3v) is 9.19. The Morgan fingerprint density at radius 1 is 0.378 bits per heavy atom. The van der Waals surface area contributed by atoms with E-state index < -0.39 is 0 Å². The Labute approximate surface area is 237 Å². The average molecular weight is 522 g/mol. The van der Waals surface area contributed by atoms with Crippen LogP contribution in [0.2, 0.25) is 0 Å². The molecule has 0 aliphatic carbocycles. The second kappa shape index (κ2) is 27.5. The van der Waals surface area contributed by atoms with Crippen molar-refractivity contribution in [1.82, 2.24) is 4.90 Å². The van der Waals surface area contributed by atoms with Crippen molar-refractivity contribution in [2.24, 2.45) is 5.92 Å². The van der Waals surface area contributed by atoms with Crippen molar-refractivity contribution in [2.45, 2.75) is 214 Å². The lowest BCUT2D eigenvalue weighted by atomic mass is 9.70. The molecule has 0 bridgehead atoms. The third-order valence-electron chi connectivity index (χ3n) is 9.19. The summed E-state index contributed by atoms with van der Waals surface area (Å²) in [5.41, 5.74) is 0.460. The van der Waals surface area contributed by atoms with Gasteiger partial charge in [-0.2, -0.15) is 0 Å². The number of unbranched alkanes of at least 4 members (excludes halogenated alkanes) is 16. The van der Waals surface area contributed by atoms with Crippen LogP contribution in [0, 0.1) is 5.92 Å². The largest absolute Gasteiger partial charge is 0.297 e. The Morgan fingerprint density at radius 3 is 1.14 bits per heavy atom. The van der Waals surface area contributed by atoms with Crippen LogP contribution in [0.5, 0.6) is 0 Å². The van der Waals surface area contributed by atoms with Crippen molar-refractivity contribution in [3.05, 3.63) is 0 Å². The van der Waals surface area contributed by atoms with Gasteiger partial charge in [0.2, 0.25) is 0 Å². The highest BCUT2D eigenvalue weighted by atomic mass is 15.2. The Kier molecular flexibility index (Phi) is 27.5. The first-order valence-corrected chi connectivity index (χ1v) is 17.9. The fourth-order valence-corrected chi connectivity index (χ4v) is 6.79. The quantitative estimate of drug-likeness (QED) is 0.0849. The summed E-state index contributed by atoms with van der Waals surface area (Å²) in [5, 5.41) is 0. The van der Waals surface area contributed by atoms with Crippen LogP contribution in [0.1, 0.15) is 208 Å². The first kappa shape index (κ1) is 37.0. The van der Waals surface area contributed by atoms with E-state index in [9.17, 15) is 0 Å². The fourth-order valence-electron chi connectivity index (χ4n) is 6.79. The van der Waals surface area contributed by atoms with E-state index in [1.54, 1.807) is 0 Å². The second-order valence-electron chi connectivity index (χ2n) is 12.5. The van der Waals surface area contributed by atoms with E-state index in [-0.39, 0.29) is 0 Å². The Hall–Kier alpha value is -0.0400. The molecule has 0 saturated carbocycles. The smallest absolute Gasteiger partial charge is 0.0237 e. The SMILES string of the molecule is CCCCCCC(CCCC)C(CCCCCC)(CCCCCC)N(CCCCCC)CCCCCC. The zero-order valence-electron chi connectivity index (χ0n) is 27.3. The second-order valence-corrected chi connectivity index (χ2v) is 12.5. The van der Waals surface area contributed by atoms with Gasteiger partial charge < -0.3 is 0 Å². The molecule has 1 atom stereocenters. The highest BCUT2D eigenvalue weighted by Gasteiger charge is 2.41. The molecule has 0 aromatic carbocycles. The summed E-state index contributed by atoms with van der Waals surface area (Å²) in [6.07, 6.45) is 37.0. The molecule has 0 heterocycles. The van der Waals surface area contributed by atoms with E-state index >= 15 is 0 Å². The number of rotatable bonds is 30. The van der Waals surface area contributed by atoms with Crippen molar-refractivity contribution in [3.8, 4) is 0 Å². The van der Waals surface area contributed by atoms with Gasteiger partial charge in [0.05, 0.1) is 0 Å². The van der Waals surface area contributed by atoms with Gasteiger partial charge in [0.25, 0.3) is 0 Å². The predicted octanol–water partition coefficient (Wildman–Crippen LogP) is 12.9. The average Bonchev–Trinajstić information content (AvgIpc) is 2.91. The highest BCUT2D eigenvalue weighted by Crippen LogP contribution is 2.42. The summed E-state index contributed by atoms with van der Waals surface area (Å²) in [7, 11) is 0. The molecule has 0 aliphatic heterocycles. The van der Waals surface area contributed by atoms with Crippen molar-refractivity contribution in [3.63, 3.8) is 0 Å². The standard InChI is InChI=1S/C36H75N/c1-7-13-19-24-30-35(29-18-12-6)36(31-25-20-14-8-2,32-26-21-15-9-3)37(33-27-22-16-10-4)34-28-23-17-11-5/h35H,7-34H2,1-6H3. The minimum Gasteiger partial charge on any atom is -0.297 e. The lowest BCUT2D eigenvalue weighted by Crippen LogP contribution is -2.55. The Bertz CT molecular complexity index is 406. The molecular weight excluding hydrogens is 446 g/mol. The first-order chi connectivity index (χ1) is 18.2. The summed E-state index contributed by atoms with van der Waals surface area (Å²) >= 11 is 0. The van der Waals surface area contributed by atoms with Gasteiger partial charge in [-0.15, -0.1) is 0 Å². The van der Waals surface area contributed by atoms with Crippen LogP contribution in [0.15, 0.2) is 0 Å². The first-order valence-electron chi connectivity index (χ1n) is 17.9. The third kappa shape index (κ3) is 18.0. The molecule has 0 spiro atoms. The molecule has 0 radical (unpaired) electrons. The van der Waals surface area contributed by atoms with E-state index in [4.69, 9.17) is 0 Å². The molecule has 0 aromatic rings. The van der Waals surface area contributed by atoms with Crippen LogP contribution in [0.3, 0.4) is 0 Å². The molecular formula is C36H75N. The zero-order chi connectivity index (χ0) is 27.5. The topological polar surface area (TPSA) is 3.24 Å². The van der Waals surface area contributed by atoms with Crippen LogP contribution < -0.4 is 0 Å². The Morgan fingerprint density at radius 2 is 0.730 bits per heavy atom. The number of hydrogen-bond donors (Lipinski definition) is 0. The molecule has 0 saturated heterocycles. The number of hydrogen-bond acceptors (Lipinski definition) is 1. The van der Waals surface area contributed by atoms with Crippen molar-refractivity contribution in [1.29, 1.82) is 0 Å². The van der Waals surface area contributed by atoms with E-state index in [0.29, 0.717) is 5.54 Å². The lowest BCUT2D eigenvalue weighted by molar-refractivity contribution is -0.00185. The molecule has 37 heavy (non-hydrogen) atoms. The van der Waals surface area contributed by atoms with Gasteiger partial charge in [-0.3, -0.25) is 4.90 Å². The van der Waals surface area contributed by atoms with Crippen LogP contribution in [0.25, 0.3) is 0 Å². The van der Waals surface area contributed by atoms with E-state index in [1.807, 2.05) is 0 Å². The molecule has 0 aromatic heterocycles. The van der Waals surface area contributed by atoms with Gasteiger partial charge in [-0.25, -0.2) is 0 Å². The minimum absolute atomic E-state index is 0.460. The predicted molar refractivity (Wildman–Crippen MR) is 172 cm³/mol. The normalized spacial score (nSPS) is 13.1. The van der Waals surface area contributed by atoms with Crippen molar-refractivity contribution in [2.75, 3.05) is 13.1 Å². The van der Waals surface area contributed by atoms with E-state index in [0.717, 1.165) is 5.92 Å². The number of nitrogens with zero attached hydrogens (tertiary/aromatic N) is 1. The van der Waals surface area contributed by atoms with Gasteiger partial charge in [-0.05, 0) is 57.5 Å². The maximum Gasteiger partial charge on any atom is 0.0237 e. The maximum atomic E-state index is 3.16. The zero-order valence-corrected chi connectivity index (χ0v) is 27.3. The van der Waals surface area contributed by atoms with Crippen molar-refractivity contribution < 1.29 is 0 Å². The molecule has 1 unspecified atom stereocenters. The molecule has 1 nitrogen and oxygen atoms in total. The summed E-state index contributed by atoms with van der Waals surface area (Å²) in [4.78, 5) is 3.16. The lowest BCUT2D eigenvalue weighted by Gasteiger charge is -2.51. The molecule has 0 aliphatic rings. The van der Waals surface area contributed by atoms with Crippen LogP contribution >= 0.6 is 0 Å². The molecule has 1 heteroatoms. The maximum absolute atomic E-state index is 3.16. The molecule has 0 N–H and O–H groups in total. The molecule has 224 valence electrons. The molecule has 0 amide bonds. The monoisotopic (exact) mass is 522 g/mol. The van der Waals surface area contributed by atoms with Crippen LogP contribution in [0.4, 0.5) is 0 Å². The summed E-state index contributed by atoms with van der Waals surface area (Å²) in [6, 6.07) is 0. The van der Waals surface area contributed by atoms with Crippen molar-refractivity contribution >= 4 is 0 Å². The van der Waals surface area contributed by atoms with Gasteiger partial charge in [0, 0.05) is 5.54 Å². The van der Waals surface area contributed by atoms with E-state index in [1.165, 1.54) is 180 Å². The summed E-state index contributed by atoms with van der Waals surface area (Å²) in [6.45, 7) is 17.0. The van der Waals surface area contributed by atoms with Crippen LogP contribution in [-0.4, -0.2) is 23.5 Å². The van der Waals surface area contributed by atoms with Gasteiger partial charge >= 0.3 is 0 Å². The van der Waals surface area contributed by atoms with Crippen LogP contribution in [-0.2, 0) is 0 Å². The highest BCUT2D eigenvalue weighted by molar-refractivity contribution is 4.97. The minimum atomic E-state index is 0.460. The van der Waals surface area contributed by atoms with E-state index in [2.05, 4.69) is 46.4 Å². The summed E-state index contributed by atoms with van der Waals surface area (Å²) < 4.78 is 0. The molecule has 0 rings (SSSR count). The molecule has 0 fully saturated rings. The fraction of sp³-hybridized carbons (Fsp3) is 1.00. The summed E-state index contributed by atoms with van der Waals surface area (Å²) in [5.74, 6) is 0.907. The Balaban J connectivity index is 6.13. The van der Waals surface area contributed by atoms with Gasteiger partial charge in [0.15, 0.2) is 0 Å². The van der Waals surface area contributed by atoms with Gasteiger partial charge in [0.1, 0.15) is 0 Å². The van der Waals surface area contributed by atoms with Gasteiger partial charge in [-0.1, -0.05) is 170 Å².